The van der Waals surface area contributed by atoms with Gasteiger partial charge in [-0.1, -0.05) is 36.4 Å². The molecule has 0 atom stereocenters. The summed E-state index contributed by atoms with van der Waals surface area (Å²) in [6.07, 6.45) is 0.976. The number of aliphatic imine (C=N–C) groups is 1. The van der Waals surface area contributed by atoms with Gasteiger partial charge in [0, 0.05) is 5.56 Å². The van der Waals surface area contributed by atoms with Crippen LogP contribution in [0.15, 0.2) is 41.4 Å². The molecule has 0 fully saturated rings. The summed E-state index contributed by atoms with van der Waals surface area (Å²) in [6, 6.07) is 12.9. The summed E-state index contributed by atoms with van der Waals surface area (Å²) in [6.45, 7) is 4.34. The Morgan fingerprint density at radius 1 is 1.16 bits per heavy atom. The molecule has 0 unspecified atom stereocenters. The van der Waals surface area contributed by atoms with Crippen LogP contribution in [0.25, 0.3) is 10.8 Å². The summed E-state index contributed by atoms with van der Waals surface area (Å²) < 4.78 is 0. The van der Waals surface area contributed by atoms with E-state index < -0.39 is 0 Å². The normalized spacial score (nSPS) is 16.5. The largest absolute Gasteiger partial charge is 0.281 e. The molecule has 0 bridgehead atoms. The van der Waals surface area contributed by atoms with Gasteiger partial charge in [-0.15, -0.1) is 24.0 Å². The average Bonchev–Trinajstić information content (AvgIpc) is 2.36. The molecule has 0 radical (unpaired) electrons. The molecule has 3 heteroatoms. The van der Waals surface area contributed by atoms with Crippen LogP contribution in [-0.2, 0) is 6.42 Å². The van der Waals surface area contributed by atoms with Gasteiger partial charge in [0.15, 0.2) is 0 Å². The molecular weight excluding hydrogens is 277 g/mol. The predicted octanol–water partition coefficient (Wildman–Crippen LogP) is 4.62. The predicted molar refractivity (Wildman–Crippen MR) is 86.2 cm³/mol. The summed E-state index contributed by atoms with van der Waals surface area (Å²) in [7, 11) is 0. The topological polar surface area (TPSA) is 12.4 Å². The molecule has 0 saturated carbocycles. The Morgan fingerprint density at radius 2 is 1.89 bits per heavy atom. The van der Waals surface area contributed by atoms with E-state index in [0.717, 1.165) is 12.1 Å². The maximum Gasteiger partial charge on any atom is 0.0649 e. The standard InChI is InChI=1S/C16H16ClN.ClH/c1-16(2)9-14-12-6-4-3-5-11(12)7-8-13(14)15(10-17)18-16;/h3-8H,9-10H2,1-2H3;1H. The summed E-state index contributed by atoms with van der Waals surface area (Å²) >= 11 is 6.06. The molecule has 3 rings (SSSR count). The number of rotatable bonds is 1. The van der Waals surface area contributed by atoms with Gasteiger partial charge in [-0.3, -0.25) is 4.99 Å². The zero-order chi connectivity index (χ0) is 12.8. The van der Waals surface area contributed by atoms with Crippen molar-refractivity contribution in [3.05, 3.63) is 47.5 Å². The monoisotopic (exact) mass is 293 g/mol. The van der Waals surface area contributed by atoms with Crippen molar-refractivity contribution in [2.75, 3.05) is 5.88 Å². The third-order valence-electron chi connectivity index (χ3n) is 3.53. The van der Waals surface area contributed by atoms with Crippen LogP contribution in [0, 0.1) is 0 Å². The van der Waals surface area contributed by atoms with E-state index in [1.165, 1.54) is 21.9 Å². The van der Waals surface area contributed by atoms with Crippen LogP contribution in [0.5, 0.6) is 0 Å². The van der Waals surface area contributed by atoms with Gasteiger partial charge in [0.05, 0.1) is 17.1 Å². The highest BCUT2D eigenvalue weighted by molar-refractivity contribution is 6.32. The van der Waals surface area contributed by atoms with E-state index in [0.29, 0.717) is 5.88 Å². The summed E-state index contributed by atoms with van der Waals surface area (Å²) in [5, 5.41) is 2.63. The van der Waals surface area contributed by atoms with Crippen molar-refractivity contribution in [1.82, 2.24) is 0 Å². The Hall–Kier alpha value is -1.05. The van der Waals surface area contributed by atoms with Gasteiger partial charge in [0.2, 0.25) is 0 Å². The van der Waals surface area contributed by atoms with E-state index in [1.54, 1.807) is 0 Å². The lowest BCUT2D eigenvalue weighted by molar-refractivity contribution is 0.515. The molecule has 0 saturated heterocycles. The molecule has 2 aromatic carbocycles. The molecule has 0 aromatic heterocycles. The lowest BCUT2D eigenvalue weighted by Crippen LogP contribution is -2.29. The van der Waals surface area contributed by atoms with E-state index in [9.17, 15) is 0 Å². The number of alkyl halides is 1. The zero-order valence-electron chi connectivity index (χ0n) is 11.1. The molecule has 0 N–H and O–H groups in total. The first-order valence-electron chi connectivity index (χ1n) is 6.26. The third kappa shape index (κ3) is 2.50. The van der Waals surface area contributed by atoms with E-state index >= 15 is 0 Å². The summed E-state index contributed by atoms with van der Waals surface area (Å²) in [4.78, 5) is 4.77. The van der Waals surface area contributed by atoms with Gasteiger partial charge in [-0.25, -0.2) is 0 Å². The van der Waals surface area contributed by atoms with Gasteiger partial charge in [-0.2, -0.15) is 0 Å². The first-order chi connectivity index (χ1) is 8.61. The van der Waals surface area contributed by atoms with E-state index in [4.69, 9.17) is 16.6 Å². The van der Waals surface area contributed by atoms with Gasteiger partial charge < -0.3 is 0 Å². The van der Waals surface area contributed by atoms with Crippen molar-refractivity contribution in [1.29, 1.82) is 0 Å². The first kappa shape index (κ1) is 14.4. The molecule has 1 aliphatic heterocycles. The van der Waals surface area contributed by atoms with Crippen LogP contribution in [0.3, 0.4) is 0 Å². The van der Waals surface area contributed by atoms with Crippen molar-refractivity contribution >= 4 is 40.5 Å². The fourth-order valence-corrected chi connectivity index (χ4v) is 3.00. The lowest BCUT2D eigenvalue weighted by Gasteiger charge is -2.29. The van der Waals surface area contributed by atoms with Crippen LogP contribution in [0.2, 0.25) is 0 Å². The Morgan fingerprint density at radius 3 is 2.63 bits per heavy atom. The minimum absolute atomic E-state index is 0. The minimum atomic E-state index is -0.0542. The van der Waals surface area contributed by atoms with Crippen LogP contribution in [-0.4, -0.2) is 17.1 Å². The maximum absolute atomic E-state index is 6.06. The maximum atomic E-state index is 6.06. The first-order valence-corrected chi connectivity index (χ1v) is 6.80. The van der Waals surface area contributed by atoms with Crippen molar-refractivity contribution in [2.45, 2.75) is 25.8 Å². The Kier molecular flexibility index (Phi) is 3.89. The molecule has 1 heterocycles. The molecule has 19 heavy (non-hydrogen) atoms. The van der Waals surface area contributed by atoms with Gasteiger partial charge in [-0.05, 0) is 36.6 Å². The molecule has 2 aromatic rings. The quantitative estimate of drug-likeness (QED) is 0.680. The fraction of sp³-hybridized carbons (Fsp3) is 0.312. The molecule has 100 valence electrons. The molecule has 1 nitrogen and oxygen atoms in total. The highest BCUT2D eigenvalue weighted by Gasteiger charge is 2.27. The third-order valence-corrected chi connectivity index (χ3v) is 3.78. The SMILES string of the molecule is CC1(C)Cc2c(ccc3ccccc23)C(CCl)=N1.Cl. The number of fused-ring (bicyclic) bond motifs is 3. The Bertz CT molecular complexity index is 644. The lowest BCUT2D eigenvalue weighted by atomic mass is 9.84. The van der Waals surface area contributed by atoms with E-state index in [2.05, 4.69) is 50.2 Å². The van der Waals surface area contributed by atoms with E-state index in [-0.39, 0.29) is 17.9 Å². The van der Waals surface area contributed by atoms with Gasteiger partial charge in [0.25, 0.3) is 0 Å². The molecule has 0 aliphatic carbocycles. The second-order valence-electron chi connectivity index (χ2n) is 5.49. The van der Waals surface area contributed by atoms with Crippen LogP contribution in [0.1, 0.15) is 25.0 Å². The highest BCUT2D eigenvalue weighted by atomic mass is 35.5. The van der Waals surface area contributed by atoms with Crippen LogP contribution >= 0.6 is 24.0 Å². The van der Waals surface area contributed by atoms with Crippen molar-refractivity contribution in [2.24, 2.45) is 4.99 Å². The number of halogens is 2. The van der Waals surface area contributed by atoms with Gasteiger partial charge >= 0.3 is 0 Å². The molecule has 0 amide bonds. The molecular formula is C16H17Cl2N. The van der Waals surface area contributed by atoms with Crippen molar-refractivity contribution in [3.63, 3.8) is 0 Å². The highest BCUT2D eigenvalue weighted by Crippen LogP contribution is 2.32. The summed E-state index contributed by atoms with van der Waals surface area (Å²) in [5.41, 5.74) is 3.59. The van der Waals surface area contributed by atoms with Crippen molar-refractivity contribution < 1.29 is 0 Å². The van der Waals surface area contributed by atoms with Crippen LogP contribution < -0.4 is 0 Å². The minimum Gasteiger partial charge on any atom is -0.281 e. The number of hydrogen-bond donors (Lipinski definition) is 0. The van der Waals surface area contributed by atoms with Crippen molar-refractivity contribution in [3.8, 4) is 0 Å². The molecule has 1 aliphatic rings. The van der Waals surface area contributed by atoms with Gasteiger partial charge in [0.1, 0.15) is 0 Å². The fourth-order valence-electron chi connectivity index (χ4n) is 2.80. The number of benzene rings is 2. The van der Waals surface area contributed by atoms with E-state index in [1.807, 2.05) is 0 Å². The Balaban J connectivity index is 0.00000133. The average molecular weight is 294 g/mol. The number of hydrogen-bond acceptors (Lipinski definition) is 1. The second kappa shape index (κ2) is 5.15. The zero-order valence-corrected chi connectivity index (χ0v) is 12.7. The smallest absolute Gasteiger partial charge is 0.0649 e. The van der Waals surface area contributed by atoms with Crippen LogP contribution in [0.4, 0.5) is 0 Å². The summed E-state index contributed by atoms with van der Waals surface area (Å²) in [5.74, 6) is 0.481. The second-order valence-corrected chi connectivity index (χ2v) is 5.76. The molecule has 0 spiro atoms. The Labute approximate surface area is 125 Å². The number of nitrogens with zero attached hydrogens (tertiary/aromatic N) is 1.